The van der Waals surface area contributed by atoms with Gasteiger partial charge in [-0.05, 0) is 25.7 Å². The van der Waals surface area contributed by atoms with Crippen LogP contribution in [0.2, 0.25) is 0 Å². The number of amides is 1. The van der Waals surface area contributed by atoms with E-state index in [2.05, 4.69) is 19.2 Å². The number of hydrogen-bond acceptors (Lipinski definition) is 15. The van der Waals surface area contributed by atoms with Crippen molar-refractivity contribution in [3.63, 3.8) is 0 Å². The number of unbranched alkanes of at least 4 members (excludes halogenated alkanes) is 4. The molecule has 274 valence electrons. The molecule has 9 N–H and O–H groups in total. The molecule has 1 amide bonds. The van der Waals surface area contributed by atoms with E-state index in [0.717, 1.165) is 38.7 Å². The van der Waals surface area contributed by atoms with Crippen molar-refractivity contribution in [3.05, 3.63) is 0 Å². The molecule has 0 aromatic carbocycles. The number of rotatable bonds is 22. The maximum atomic E-state index is 11.7. The van der Waals surface area contributed by atoms with Crippen LogP contribution in [0.3, 0.4) is 0 Å². The van der Waals surface area contributed by atoms with Crippen LogP contribution in [0.1, 0.15) is 65.2 Å². The van der Waals surface area contributed by atoms with Crippen molar-refractivity contribution in [3.8, 4) is 0 Å². The van der Waals surface area contributed by atoms with Gasteiger partial charge in [-0.25, -0.2) is 0 Å². The van der Waals surface area contributed by atoms with Gasteiger partial charge in [-0.3, -0.25) is 4.79 Å². The second-order valence-corrected chi connectivity index (χ2v) is 11.2. The molecular weight excluding hydrogens is 614 g/mol. The number of hydrogen-bond donors (Lipinski definition) is 9. The van der Waals surface area contributed by atoms with Gasteiger partial charge in [0, 0.05) is 32.8 Å². The molecule has 10 unspecified atom stereocenters. The van der Waals surface area contributed by atoms with E-state index in [0.29, 0.717) is 45.6 Å². The Bertz CT molecular complexity index is 749. The van der Waals surface area contributed by atoms with E-state index in [1.807, 2.05) is 0 Å². The Labute approximate surface area is 271 Å². The normalized spacial score (nSPS) is 31.3. The van der Waals surface area contributed by atoms with Crippen molar-refractivity contribution in [2.45, 2.75) is 127 Å². The Morgan fingerprint density at radius 3 is 1.59 bits per heavy atom. The van der Waals surface area contributed by atoms with E-state index in [1.165, 1.54) is 0 Å². The summed E-state index contributed by atoms with van der Waals surface area (Å²) in [6, 6.07) is 0. The van der Waals surface area contributed by atoms with E-state index in [9.17, 15) is 35.4 Å². The fourth-order valence-electron chi connectivity index (χ4n) is 4.45. The summed E-state index contributed by atoms with van der Waals surface area (Å²) in [6.07, 6.45) is -5.72. The summed E-state index contributed by atoms with van der Waals surface area (Å²) in [6.45, 7) is 6.46. The maximum Gasteiger partial charge on any atom is 0.220 e. The predicted molar refractivity (Wildman–Crippen MR) is 162 cm³/mol. The zero-order valence-corrected chi connectivity index (χ0v) is 27.2. The van der Waals surface area contributed by atoms with E-state index in [4.69, 9.17) is 38.6 Å². The van der Waals surface area contributed by atoms with Gasteiger partial charge in [0.1, 0.15) is 48.8 Å². The third-order valence-electron chi connectivity index (χ3n) is 7.39. The fourth-order valence-corrected chi connectivity index (χ4v) is 4.45. The van der Waals surface area contributed by atoms with E-state index < -0.39 is 74.6 Å². The minimum Gasteiger partial charge on any atom is -0.394 e. The summed E-state index contributed by atoms with van der Waals surface area (Å²) in [5.41, 5.74) is 0. The van der Waals surface area contributed by atoms with Crippen molar-refractivity contribution < 1.29 is 74.1 Å². The first-order chi connectivity index (χ1) is 22.1. The van der Waals surface area contributed by atoms with Crippen LogP contribution in [0.15, 0.2) is 0 Å². The highest BCUT2D eigenvalue weighted by atomic mass is 16.7. The Kier molecular flexibility index (Phi) is 24.1. The van der Waals surface area contributed by atoms with Gasteiger partial charge in [-0.1, -0.05) is 33.1 Å². The highest BCUT2D eigenvalue weighted by molar-refractivity contribution is 5.75. The first kappa shape index (κ1) is 42.9. The number of ether oxygens (including phenoxy) is 6. The van der Waals surface area contributed by atoms with Gasteiger partial charge in [0.25, 0.3) is 0 Å². The van der Waals surface area contributed by atoms with Gasteiger partial charge in [0.15, 0.2) is 12.6 Å². The second kappa shape index (κ2) is 25.9. The first-order valence-electron chi connectivity index (χ1n) is 16.4. The quantitative estimate of drug-likeness (QED) is 0.0560. The van der Waals surface area contributed by atoms with Crippen LogP contribution in [0.5, 0.6) is 0 Å². The monoisotopic (exact) mass is 673 g/mol. The highest BCUT2D eigenvalue weighted by Crippen LogP contribution is 2.23. The van der Waals surface area contributed by atoms with E-state index in [1.54, 1.807) is 0 Å². The minimum atomic E-state index is -1.43. The van der Waals surface area contributed by atoms with Crippen molar-refractivity contribution in [2.75, 3.05) is 59.4 Å². The summed E-state index contributed by atoms with van der Waals surface area (Å²) < 4.78 is 31.7. The molecular formula is C30H59NO15. The lowest BCUT2D eigenvalue weighted by Gasteiger charge is -2.39. The molecule has 2 saturated heterocycles. The Balaban J connectivity index is 0.000000489. The zero-order valence-electron chi connectivity index (χ0n) is 27.2. The molecule has 0 aliphatic carbocycles. The first-order valence-corrected chi connectivity index (χ1v) is 16.4. The van der Waals surface area contributed by atoms with Crippen molar-refractivity contribution in [1.82, 2.24) is 5.32 Å². The van der Waals surface area contributed by atoms with Crippen LogP contribution >= 0.6 is 0 Å². The van der Waals surface area contributed by atoms with Gasteiger partial charge in [-0.15, -0.1) is 0 Å². The van der Waals surface area contributed by atoms with E-state index in [-0.39, 0.29) is 19.1 Å². The van der Waals surface area contributed by atoms with Gasteiger partial charge < -0.3 is 74.6 Å². The summed E-state index contributed by atoms with van der Waals surface area (Å²) in [7, 11) is 0. The number of carbonyl (C=O) groups is 1. The SMILES string of the molecule is CCCCOCCNC(=O)CCCCCOC1OC(CO)C(O)C(O)C1O.CCCCOCCOC1OC(CO)C(O)C(O)C1O. The smallest absolute Gasteiger partial charge is 0.220 e. The number of nitrogens with one attached hydrogen (secondary N) is 1. The molecule has 0 saturated carbocycles. The summed E-state index contributed by atoms with van der Waals surface area (Å²) >= 11 is 0. The predicted octanol–water partition coefficient (Wildman–Crippen LogP) is -2.08. The Morgan fingerprint density at radius 2 is 1.09 bits per heavy atom. The standard InChI is InChI=1S/C18H35NO8.C12H24O7/c1-2-3-9-25-11-8-19-14(21)7-5-4-6-10-26-18-17(24)16(23)15(22)13(12-20)27-18;1-2-3-4-17-5-6-18-12-11(16)10(15)9(14)8(7-13)19-12/h13,15-18,20,22-24H,2-12H2,1H3,(H,19,21);8-16H,2-7H2,1H3. The lowest BCUT2D eigenvalue weighted by atomic mass is 9.99. The van der Waals surface area contributed by atoms with Gasteiger partial charge in [-0.2, -0.15) is 0 Å². The van der Waals surface area contributed by atoms with Crippen LogP contribution in [0, 0.1) is 0 Å². The number of aliphatic hydroxyl groups excluding tert-OH is 8. The molecule has 2 heterocycles. The van der Waals surface area contributed by atoms with Crippen LogP contribution < -0.4 is 5.32 Å². The molecule has 46 heavy (non-hydrogen) atoms. The van der Waals surface area contributed by atoms with Gasteiger partial charge in [0.05, 0.1) is 33.0 Å². The maximum absolute atomic E-state index is 11.7. The molecule has 0 aromatic rings. The van der Waals surface area contributed by atoms with Crippen LogP contribution in [-0.2, 0) is 33.2 Å². The molecule has 10 atom stereocenters. The van der Waals surface area contributed by atoms with Crippen molar-refractivity contribution >= 4 is 5.91 Å². The molecule has 2 fully saturated rings. The summed E-state index contributed by atoms with van der Waals surface area (Å²) in [4.78, 5) is 11.7. The fraction of sp³-hybridized carbons (Fsp3) is 0.967. The molecule has 0 aromatic heterocycles. The summed E-state index contributed by atoms with van der Waals surface area (Å²) in [5, 5.41) is 78.9. The summed E-state index contributed by atoms with van der Waals surface area (Å²) in [5.74, 6) is -0.0102. The van der Waals surface area contributed by atoms with Gasteiger partial charge in [0.2, 0.25) is 5.91 Å². The lowest BCUT2D eigenvalue weighted by molar-refractivity contribution is -0.302. The zero-order chi connectivity index (χ0) is 34.3. The minimum absolute atomic E-state index is 0.0102. The third-order valence-corrected chi connectivity index (χ3v) is 7.39. The second-order valence-electron chi connectivity index (χ2n) is 11.2. The molecule has 2 rings (SSSR count). The molecule has 16 heteroatoms. The topological polar surface area (TPSA) is 246 Å². The molecule has 0 radical (unpaired) electrons. The number of carbonyl (C=O) groups excluding carboxylic acids is 1. The average Bonchev–Trinajstić information content (AvgIpc) is 3.05. The molecule has 2 aliphatic heterocycles. The van der Waals surface area contributed by atoms with E-state index >= 15 is 0 Å². The molecule has 16 nitrogen and oxygen atoms in total. The molecule has 0 bridgehead atoms. The molecule has 2 aliphatic rings. The Hall–Kier alpha value is -1.09. The number of aliphatic hydroxyl groups is 8. The Morgan fingerprint density at radius 1 is 0.587 bits per heavy atom. The van der Waals surface area contributed by atoms with Gasteiger partial charge >= 0.3 is 0 Å². The average molecular weight is 674 g/mol. The molecule has 0 spiro atoms. The van der Waals surface area contributed by atoms with Crippen molar-refractivity contribution in [2.24, 2.45) is 0 Å². The van der Waals surface area contributed by atoms with Crippen LogP contribution in [-0.4, -0.2) is 168 Å². The third kappa shape index (κ3) is 16.3. The van der Waals surface area contributed by atoms with Crippen LogP contribution in [0.25, 0.3) is 0 Å². The largest absolute Gasteiger partial charge is 0.394 e. The van der Waals surface area contributed by atoms with Crippen LogP contribution in [0.4, 0.5) is 0 Å². The highest BCUT2D eigenvalue weighted by Gasteiger charge is 2.45. The van der Waals surface area contributed by atoms with Crippen molar-refractivity contribution in [1.29, 1.82) is 0 Å². The lowest BCUT2D eigenvalue weighted by Crippen LogP contribution is -2.59.